The summed E-state index contributed by atoms with van der Waals surface area (Å²) in [5, 5.41) is 0. The smallest absolute Gasteiger partial charge is 0.437 e. The Morgan fingerprint density at radius 3 is 3.11 bits per heavy atom. The average molecular weight is 129 g/mol. The van der Waals surface area contributed by atoms with Gasteiger partial charge >= 0.3 is 6.09 Å². The number of carbonyl (C=O) groups excluding carboxylic acids is 1. The molecule has 0 atom stereocenters. The van der Waals surface area contributed by atoms with Crippen molar-refractivity contribution >= 4 is 12.0 Å². The van der Waals surface area contributed by atoms with Gasteiger partial charge in [0.15, 0.2) is 6.61 Å². The zero-order valence-electron chi connectivity index (χ0n) is 5.09. The zero-order valence-corrected chi connectivity index (χ0v) is 5.09. The number of aliphatic imine (C=N–C) groups is 1. The summed E-state index contributed by atoms with van der Waals surface area (Å²) >= 11 is 0. The highest BCUT2D eigenvalue weighted by molar-refractivity contribution is 5.93. The second-order valence-corrected chi connectivity index (χ2v) is 1.49. The molecule has 1 aliphatic rings. The molecule has 0 aromatic rings. The van der Waals surface area contributed by atoms with Crippen LogP contribution < -0.4 is 0 Å². The molecule has 0 saturated carbocycles. The van der Waals surface area contributed by atoms with Crippen LogP contribution in [-0.4, -0.2) is 25.2 Å². The van der Waals surface area contributed by atoms with E-state index in [1.165, 1.54) is 0 Å². The van der Waals surface area contributed by atoms with Crippen LogP contribution in [0.15, 0.2) is 4.99 Å². The first-order valence-electron chi connectivity index (χ1n) is 2.70. The van der Waals surface area contributed by atoms with Gasteiger partial charge in [0.1, 0.15) is 0 Å². The lowest BCUT2D eigenvalue weighted by atomic mass is 10.7. The van der Waals surface area contributed by atoms with Crippen molar-refractivity contribution < 1.29 is 14.3 Å². The van der Waals surface area contributed by atoms with Crippen LogP contribution >= 0.6 is 0 Å². The number of ether oxygens (including phenoxy) is 2. The van der Waals surface area contributed by atoms with E-state index in [2.05, 4.69) is 9.73 Å². The van der Waals surface area contributed by atoms with Crippen molar-refractivity contribution in [2.45, 2.75) is 6.92 Å². The van der Waals surface area contributed by atoms with Gasteiger partial charge in [-0.1, -0.05) is 0 Å². The van der Waals surface area contributed by atoms with Gasteiger partial charge in [0.25, 0.3) is 0 Å². The largest absolute Gasteiger partial charge is 0.478 e. The number of carbonyl (C=O) groups is 1. The highest BCUT2D eigenvalue weighted by atomic mass is 16.6. The molecule has 0 aromatic heterocycles. The maximum atomic E-state index is 10.2. The first kappa shape index (κ1) is 6.07. The second kappa shape index (κ2) is 2.48. The monoisotopic (exact) mass is 129 g/mol. The predicted molar refractivity (Wildman–Crippen MR) is 30.4 cm³/mol. The molecule has 0 bridgehead atoms. The minimum atomic E-state index is -0.557. The van der Waals surface area contributed by atoms with Crippen LogP contribution in [0.5, 0.6) is 0 Å². The van der Waals surface area contributed by atoms with Gasteiger partial charge in [0, 0.05) is 0 Å². The molecule has 1 amide bonds. The molecule has 0 saturated heterocycles. The van der Waals surface area contributed by atoms with Gasteiger partial charge in [-0.3, -0.25) is 0 Å². The van der Waals surface area contributed by atoms with Crippen molar-refractivity contribution in [2.75, 3.05) is 13.2 Å². The molecule has 0 spiro atoms. The van der Waals surface area contributed by atoms with E-state index in [0.29, 0.717) is 12.5 Å². The second-order valence-electron chi connectivity index (χ2n) is 1.49. The fraction of sp³-hybridized carbons (Fsp3) is 0.600. The van der Waals surface area contributed by atoms with E-state index in [1.54, 1.807) is 0 Å². The van der Waals surface area contributed by atoms with Gasteiger partial charge in [-0.2, -0.15) is 0 Å². The van der Waals surface area contributed by atoms with Gasteiger partial charge in [-0.05, 0) is 6.92 Å². The van der Waals surface area contributed by atoms with Crippen molar-refractivity contribution in [1.29, 1.82) is 0 Å². The summed E-state index contributed by atoms with van der Waals surface area (Å²) in [5.74, 6) is 0.377. The van der Waals surface area contributed by atoms with E-state index in [9.17, 15) is 4.79 Å². The van der Waals surface area contributed by atoms with E-state index < -0.39 is 6.09 Å². The molecule has 0 N–H and O–H groups in total. The minimum Gasteiger partial charge on any atom is -0.478 e. The maximum absolute atomic E-state index is 10.2. The van der Waals surface area contributed by atoms with E-state index in [0.717, 1.165) is 0 Å². The third-order valence-electron chi connectivity index (χ3n) is 0.846. The predicted octanol–water partition coefficient (Wildman–Crippen LogP) is 0.572. The van der Waals surface area contributed by atoms with Gasteiger partial charge in [-0.15, -0.1) is 4.99 Å². The lowest BCUT2D eigenvalue weighted by Crippen LogP contribution is -2.05. The molecule has 4 nitrogen and oxygen atoms in total. The normalized spacial score (nSPS) is 17.0. The third kappa shape index (κ3) is 1.42. The van der Waals surface area contributed by atoms with Crippen LogP contribution in [0.3, 0.4) is 0 Å². The Balaban J connectivity index is 2.42. The van der Waals surface area contributed by atoms with Crippen LogP contribution in [0.4, 0.5) is 4.79 Å². The van der Waals surface area contributed by atoms with Crippen LogP contribution in [0, 0.1) is 0 Å². The Kier molecular flexibility index (Phi) is 1.67. The molecule has 0 aromatic carbocycles. The Labute approximate surface area is 52.5 Å². The lowest BCUT2D eigenvalue weighted by Gasteiger charge is -1.95. The molecule has 4 heteroatoms. The van der Waals surface area contributed by atoms with E-state index in [-0.39, 0.29) is 6.61 Å². The molecule has 0 radical (unpaired) electrons. The molecular formula is C5H7NO3. The summed E-state index contributed by atoms with van der Waals surface area (Å²) in [6.07, 6.45) is -0.557. The van der Waals surface area contributed by atoms with Crippen molar-refractivity contribution in [2.24, 2.45) is 4.99 Å². The molecule has 1 heterocycles. The molecule has 1 aliphatic heterocycles. The van der Waals surface area contributed by atoms with Gasteiger partial charge in [-0.25, -0.2) is 4.79 Å². The third-order valence-corrected chi connectivity index (χ3v) is 0.846. The standard InChI is InChI=1S/C5H7NO3/c1-2-8-4-3-9-5(7)6-4/h2-3H2,1H3. The molecule has 0 aliphatic carbocycles. The fourth-order valence-corrected chi connectivity index (χ4v) is 0.530. The quantitative estimate of drug-likeness (QED) is 0.520. The molecule has 0 fully saturated rings. The number of nitrogens with zero attached hydrogens (tertiary/aromatic N) is 1. The Hall–Kier alpha value is -1.06. The minimum absolute atomic E-state index is 0.187. The Morgan fingerprint density at radius 1 is 1.89 bits per heavy atom. The van der Waals surface area contributed by atoms with Gasteiger partial charge < -0.3 is 9.47 Å². The number of cyclic esters (lactones) is 1. The van der Waals surface area contributed by atoms with E-state index >= 15 is 0 Å². The lowest BCUT2D eigenvalue weighted by molar-refractivity contribution is 0.177. The van der Waals surface area contributed by atoms with Crippen LogP contribution in [0.25, 0.3) is 0 Å². The number of amides is 1. The van der Waals surface area contributed by atoms with Crippen molar-refractivity contribution in [3.05, 3.63) is 0 Å². The zero-order chi connectivity index (χ0) is 6.69. The summed E-state index contributed by atoms with van der Waals surface area (Å²) < 4.78 is 9.33. The first-order valence-corrected chi connectivity index (χ1v) is 2.70. The first-order chi connectivity index (χ1) is 4.33. The summed E-state index contributed by atoms with van der Waals surface area (Å²) in [6, 6.07) is 0. The fourth-order valence-electron chi connectivity index (χ4n) is 0.530. The van der Waals surface area contributed by atoms with E-state index in [4.69, 9.17) is 4.74 Å². The SMILES string of the molecule is CCOC1=NC(=O)OC1. The van der Waals surface area contributed by atoms with E-state index in [1.807, 2.05) is 6.92 Å². The molecular weight excluding hydrogens is 122 g/mol. The molecule has 9 heavy (non-hydrogen) atoms. The Morgan fingerprint density at radius 2 is 2.67 bits per heavy atom. The van der Waals surface area contributed by atoms with Crippen molar-refractivity contribution in [3.63, 3.8) is 0 Å². The number of rotatable bonds is 1. The highest BCUT2D eigenvalue weighted by Crippen LogP contribution is 1.97. The van der Waals surface area contributed by atoms with Gasteiger partial charge in [0.2, 0.25) is 5.90 Å². The molecule has 1 rings (SSSR count). The van der Waals surface area contributed by atoms with Gasteiger partial charge in [0.05, 0.1) is 6.61 Å². The topological polar surface area (TPSA) is 47.9 Å². The van der Waals surface area contributed by atoms with Crippen molar-refractivity contribution in [3.8, 4) is 0 Å². The summed E-state index contributed by atoms with van der Waals surface area (Å²) in [4.78, 5) is 13.7. The summed E-state index contributed by atoms with van der Waals surface area (Å²) in [5.41, 5.74) is 0. The highest BCUT2D eigenvalue weighted by Gasteiger charge is 2.14. The van der Waals surface area contributed by atoms with Crippen LogP contribution in [0.1, 0.15) is 6.92 Å². The Bertz CT molecular complexity index is 152. The average Bonchev–Trinajstić information content (AvgIpc) is 2.17. The summed E-state index contributed by atoms with van der Waals surface area (Å²) in [7, 11) is 0. The van der Waals surface area contributed by atoms with Crippen LogP contribution in [-0.2, 0) is 9.47 Å². The summed E-state index contributed by atoms with van der Waals surface area (Å²) in [6.45, 7) is 2.54. The molecule has 0 unspecified atom stereocenters. The van der Waals surface area contributed by atoms with Crippen LogP contribution in [0.2, 0.25) is 0 Å². The maximum Gasteiger partial charge on any atom is 0.437 e. The number of hydrogen-bond donors (Lipinski definition) is 0. The number of hydrogen-bond acceptors (Lipinski definition) is 3. The molecule has 50 valence electrons. The van der Waals surface area contributed by atoms with Crippen molar-refractivity contribution in [1.82, 2.24) is 0 Å².